The lowest BCUT2D eigenvalue weighted by Crippen LogP contribution is -2.19. The van der Waals surface area contributed by atoms with Crippen LogP contribution in [0.15, 0.2) is 24.3 Å². The third-order valence-corrected chi connectivity index (χ3v) is 4.24. The van der Waals surface area contributed by atoms with Crippen molar-refractivity contribution in [1.82, 2.24) is 10.2 Å². The van der Waals surface area contributed by atoms with E-state index in [0.717, 1.165) is 28.3 Å². The van der Waals surface area contributed by atoms with Crippen molar-refractivity contribution in [1.29, 1.82) is 0 Å². The molecule has 2 rings (SSSR count). The number of hydrogen-bond acceptors (Lipinski definition) is 2. The van der Waals surface area contributed by atoms with Gasteiger partial charge in [0, 0.05) is 16.3 Å². The number of aromatic amines is 1. The molecule has 0 saturated heterocycles. The Morgan fingerprint density at radius 2 is 1.85 bits per heavy atom. The maximum Gasteiger partial charge on any atom is 0.153 e. The molecule has 0 spiro atoms. The third-order valence-electron chi connectivity index (χ3n) is 3.99. The molecule has 2 aromatic rings. The highest BCUT2D eigenvalue weighted by Crippen LogP contribution is 2.34. The van der Waals surface area contributed by atoms with Gasteiger partial charge in [-0.05, 0) is 35.4 Å². The SMILES string of the molecule is CC(Cc1[nH]nc(N)c1-c1ccc(Cl)cc1)C(C)(C)C. The number of rotatable bonds is 3. The molecule has 0 amide bonds. The van der Waals surface area contributed by atoms with Gasteiger partial charge in [0.2, 0.25) is 0 Å². The van der Waals surface area contributed by atoms with Gasteiger partial charge in [-0.15, -0.1) is 0 Å². The standard InChI is InChI=1S/C16H22ClN3/c1-10(16(2,3)4)9-13-14(15(18)20-19-13)11-5-7-12(17)8-6-11/h5-8,10H,9H2,1-4H3,(H3,18,19,20). The Morgan fingerprint density at radius 1 is 1.25 bits per heavy atom. The molecule has 0 fully saturated rings. The van der Waals surface area contributed by atoms with Gasteiger partial charge >= 0.3 is 0 Å². The lowest BCUT2D eigenvalue weighted by Gasteiger charge is -2.27. The summed E-state index contributed by atoms with van der Waals surface area (Å²) in [6.07, 6.45) is 0.922. The van der Waals surface area contributed by atoms with E-state index >= 15 is 0 Å². The zero-order valence-electron chi connectivity index (χ0n) is 12.5. The first kappa shape index (κ1) is 14.9. The average Bonchev–Trinajstić information content (AvgIpc) is 2.71. The molecule has 1 aromatic carbocycles. The van der Waals surface area contributed by atoms with Crippen LogP contribution in [0.2, 0.25) is 5.02 Å². The van der Waals surface area contributed by atoms with Crippen LogP contribution in [0.5, 0.6) is 0 Å². The van der Waals surface area contributed by atoms with E-state index in [1.54, 1.807) is 0 Å². The van der Waals surface area contributed by atoms with Gasteiger partial charge in [0.05, 0.1) is 0 Å². The maximum absolute atomic E-state index is 6.02. The van der Waals surface area contributed by atoms with Gasteiger partial charge in [0.1, 0.15) is 0 Å². The van der Waals surface area contributed by atoms with E-state index < -0.39 is 0 Å². The van der Waals surface area contributed by atoms with E-state index in [1.807, 2.05) is 24.3 Å². The van der Waals surface area contributed by atoms with Gasteiger partial charge in [0.25, 0.3) is 0 Å². The van der Waals surface area contributed by atoms with Gasteiger partial charge in [-0.1, -0.05) is 51.4 Å². The molecular weight excluding hydrogens is 270 g/mol. The molecule has 3 N–H and O–H groups in total. The topological polar surface area (TPSA) is 54.7 Å². The van der Waals surface area contributed by atoms with Gasteiger partial charge in [-0.3, -0.25) is 5.10 Å². The molecule has 20 heavy (non-hydrogen) atoms. The van der Waals surface area contributed by atoms with Crippen molar-refractivity contribution in [2.45, 2.75) is 34.1 Å². The first-order chi connectivity index (χ1) is 9.29. The van der Waals surface area contributed by atoms with Crippen LogP contribution in [-0.4, -0.2) is 10.2 Å². The number of nitrogen functional groups attached to an aromatic ring is 1. The van der Waals surface area contributed by atoms with Crippen LogP contribution in [0.4, 0.5) is 5.82 Å². The molecule has 1 aromatic heterocycles. The molecule has 0 bridgehead atoms. The smallest absolute Gasteiger partial charge is 0.153 e. The monoisotopic (exact) mass is 291 g/mol. The van der Waals surface area contributed by atoms with Crippen LogP contribution in [0.3, 0.4) is 0 Å². The molecule has 108 valence electrons. The minimum absolute atomic E-state index is 0.247. The number of nitrogens with two attached hydrogens (primary N) is 1. The lowest BCUT2D eigenvalue weighted by molar-refractivity contribution is 0.258. The first-order valence-electron chi connectivity index (χ1n) is 6.87. The number of benzene rings is 1. The van der Waals surface area contributed by atoms with Crippen molar-refractivity contribution in [3.8, 4) is 11.1 Å². The van der Waals surface area contributed by atoms with E-state index in [1.165, 1.54) is 0 Å². The number of H-pyrrole nitrogens is 1. The number of nitrogens with zero attached hydrogens (tertiary/aromatic N) is 1. The van der Waals surface area contributed by atoms with Crippen LogP contribution < -0.4 is 5.73 Å². The highest BCUT2D eigenvalue weighted by molar-refractivity contribution is 6.30. The van der Waals surface area contributed by atoms with Crippen LogP contribution >= 0.6 is 11.6 Å². The number of anilines is 1. The fraction of sp³-hybridized carbons (Fsp3) is 0.438. The summed E-state index contributed by atoms with van der Waals surface area (Å²) in [4.78, 5) is 0. The Labute approximate surface area is 125 Å². The van der Waals surface area contributed by atoms with Crippen molar-refractivity contribution in [3.05, 3.63) is 35.0 Å². The Kier molecular flexibility index (Phi) is 4.09. The predicted molar refractivity (Wildman–Crippen MR) is 85.8 cm³/mol. The fourth-order valence-electron chi connectivity index (χ4n) is 2.09. The Hall–Kier alpha value is -1.48. The summed E-state index contributed by atoms with van der Waals surface area (Å²) >= 11 is 5.94. The van der Waals surface area contributed by atoms with Crippen molar-refractivity contribution in [2.75, 3.05) is 5.73 Å². The molecule has 0 aliphatic carbocycles. The highest BCUT2D eigenvalue weighted by Gasteiger charge is 2.23. The molecule has 0 radical (unpaired) electrons. The summed E-state index contributed by atoms with van der Waals surface area (Å²) in [5.41, 5.74) is 9.41. The van der Waals surface area contributed by atoms with Gasteiger partial charge < -0.3 is 5.73 Å². The molecule has 1 atom stereocenters. The van der Waals surface area contributed by atoms with E-state index in [2.05, 4.69) is 37.9 Å². The molecule has 0 saturated carbocycles. The largest absolute Gasteiger partial charge is 0.382 e. The van der Waals surface area contributed by atoms with E-state index in [-0.39, 0.29) is 5.41 Å². The molecule has 1 unspecified atom stereocenters. The van der Waals surface area contributed by atoms with E-state index in [0.29, 0.717) is 11.7 Å². The summed E-state index contributed by atoms with van der Waals surface area (Å²) in [5, 5.41) is 7.98. The Morgan fingerprint density at radius 3 is 2.40 bits per heavy atom. The summed E-state index contributed by atoms with van der Waals surface area (Å²) in [6.45, 7) is 9.00. The second-order valence-electron chi connectivity index (χ2n) is 6.44. The number of hydrogen-bond donors (Lipinski definition) is 2. The van der Waals surface area contributed by atoms with Crippen molar-refractivity contribution < 1.29 is 0 Å². The number of aromatic nitrogens is 2. The van der Waals surface area contributed by atoms with Crippen molar-refractivity contribution in [3.63, 3.8) is 0 Å². The second-order valence-corrected chi connectivity index (χ2v) is 6.88. The first-order valence-corrected chi connectivity index (χ1v) is 7.25. The Bertz CT molecular complexity index is 579. The minimum atomic E-state index is 0.247. The molecule has 3 nitrogen and oxygen atoms in total. The van der Waals surface area contributed by atoms with E-state index in [9.17, 15) is 0 Å². The maximum atomic E-state index is 6.02. The number of halogens is 1. The molecule has 1 heterocycles. The third kappa shape index (κ3) is 3.15. The average molecular weight is 292 g/mol. The van der Waals surface area contributed by atoms with Crippen LogP contribution in [-0.2, 0) is 6.42 Å². The second kappa shape index (κ2) is 5.49. The highest BCUT2D eigenvalue weighted by atomic mass is 35.5. The summed E-state index contributed by atoms with van der Waals surface area (Å²) in [7, 11) is 0. The zero-order valence-corrected chi connectivity index (χ0v) is 13.3. The Balaban J connectivity index is 2.35. The number of nitrogens with one attached hydrogen (secondary N) is 1. The van der Waals surface area contributed by atoms with Gasteiger partial charge in [-0.2, -0.15) is 5.10 Å². The molecule has 0 aliphatic heterocycles. The zero-order chi connectivity index (χ0) is 14.9. The quantitative estimate of drug-likeness (QED) is 0.872. The van der Waals surface area contributed by atoms with Crippen molar-refractivity contribution in [2.24, 2.45) is 11.3 Å². The predicted octanol–water partition coefficient (Wildman–Crippen LogP) is 4.54. The molecule has 0 aliphatic rings. The lowest BCUT2D eigenvalue weighted by atomic mass is 9.79. The minimum Gasteiger partial charge on any atom is -0.382 e. The van der Waals surface area contributed by atoms with Gasteiger partial charge in [-0.25, -0.2) is 0 Å². The van der Waals surface area contributed by atoms with Crippen LogP contribution in [0.1, 0.15) is 33.4 Å². The molecule has 4 heteroatoms. The normalized spacial score (nSPS) is 13.4. The summed E-state index contributed by atoms with van der Waals surface area (Å²) in [6, 6.07) is 7.71. The molecular formula is C16H22ClN3. The van der Waals surface area contributed by atoms with Gasteiger partial charge in [0.15, 0.2) is 5.82 Å². The van der Waals surface area contributed by atoms with E-state index in [4.69, 9.17) is 17.3 Å². The summed E-state index contributed by atoms with van der Waals surface area (Å²) in [5.74, 6) is 1.07. The van der Waals surface area contributed by atoms with Crippen LogP contribution in [0, 0.1) is 11.3 Å². The summed E-state index contributed by atoms with van der Waals surface area (Å²) < 4.78 is 0. The fourth-order valence-corrected chi connectivity index (χ4v) is 2.22. The van der Waals surface area contributed by atoms with Crippen LogP contribution in [0.25, 0.3) is 11.1 Å². The van der Waals surface area contributed by atoms with Crippen molar-refractivity contribution >= 4 is 17.4 Å².